The van der Waals surface area contributed by atoms with Crippen molar-refractivity contribution in [2.75, 3.05) is 6.54 Å². The summed E-state index contributed by atoms with van der Waals surface area (Å²) >= 11 is 0. The molecule has 0 spiro atoms. The molecule has 5 rings (SSSR count). The molecular weight excluding hydrogens is 717 g/mol. The summed E-state index contributed by atoms with van der Waals surface area (Å²) in [4.78, 5) is 71.9. The second kappa shape index (κ2) is 16.3. The molecule has 1 aromatic rings. The van der Waals surface area contributed by atoms with Crippen LogP contribution in [0.15, 0.2) is 36.4 Å². The van der Waals surface area contributed by atoms with Crippen LogP contribution in [0.4, 0.5) is 9.59 Å². The zero-order valence-electron chi connectivity index (χ0n) is 32.4. The Morgan fingerprint density at radius 3 is 2.26 bits per heavy atom. The molecule has 1 saturated carbocycles. The second-order valence-electron chi connectivity index (χ2n) is 16.4. The summed E-state index contributed by atoms with van der Waals surface area (Å²) in [6, 6.07) is 4.54. The van der Waals surface area contributed by atoms with Crippen molar-refractivity contribution in [1.82, 2.24) is 29.5 Å². The Balaban J connectivity index is 1.42. The van der Waals surface area contributed by atoms with Crippen molar-refractivity contribution < 1.29 is 41.9 Å². The van der Waals surface area contributed by atoms with Crippen molar-refractivity contribution >= 4 is 40.1 Å². The molecule has 54 heavy (non-hydrogen) atoms. The van der Waals surface area contributed by atoms with Crippen LogP contribution in [0.5, 0.6) is 0 Å². The minimum atomic E-state index is -4.29. The lowest BCUT2D eigenvalue weighted by molar-refractivity contribution is -0.141. The highest BCUT2D eigenvalue weighted by atomic mass is 32.2. The van der Waals surface area contributed by atoms with E-state index in [1.54, 1.807) is 53.4 Å². The van der Waals surface area contributed by atoms with Gasteiger partial charge < -0.3 is 25.0 Å². The van der Waals surface area contributed by atoms with E-state index in [9.17, 15) is 32.4 Å². The van der Waals surface area contributed by atoms with Gasteiger partial charge in [-0.1, -0.05) is 49.3 Å². The number of ether oxygens (including phenoxy) is 2. The summed E-state index contributed by atoms with van der Waals surface area (Å²) in [5, 5.41) is 5.54. The van der Waals surface area contributed by atoms with Crippen LogP contribution in [0.3, 0.4) is 0 Å². The van der Waals surface area contributed by atoms with Gasteiger partial charge in [-0.15, -0.1) is 0 Å². The summed E-state index contributed by atoms with van der Waals surface area (Å²) in [6.07, 6.45) is 4.60. The van der Waals surface area contributed by atoms with Crippen LogP contribution >= 0.6 is 0 Å². The Morgan fingerprint density at radius 1 is 1.00 bits per heavy atom. The fourth-order valence-electron chi connectivity index (χ4n) is 7.71. The van der Waals surface area contributed by atoms with Gasteiger partial charge in [0, 0.05) is 37.5 Å². The van der Waals surface area contributed by atoms with Gasteiger partial charge in [0.25, 0.3) is 5.91 Å². The number of nitrogens with one attached hydrogen (secondary N) is 3. The Hall–Kier alpha value is -4.18. The summed E-state index contributed by atoms with van der Waals surface area (Å²) in [6.45, 7) is 12.5. The lowest BCUT2D eigenvalue weighted by atomic mass is 10.0. The topological polar surface area (TPSA) is 184 Å². The molecule has 1 saturated heterocycles. The van der Waals surface area contributed by atoms with Gasteiger partial charge in [-0.05, 0) is 85.3 Å². The van der Waals surface area contributed by atoms with Crippen molar-refractivity contribution in [2.24, 2.45) is 5.92 Å². The zero-order chi connectivity index (χ0) is 39.6. The van der Waals surface area contributed by atoms with Gasteiger partial charge >= 0.3 is 22.4 Å². The predicted octanol–water partition coefficient (Wildman–Crippen LogP) is 3.88. The van der Waals surface area contributed by atoms with E-state index < -0.39 is 87.4 Å². The van der Waals surface area contributed by atoms with E-state index >= 15 is 0 Å². The predicted molar refractivity (Wildman–Crippen MR) is 200 cm³/mol. The smallest absolute Gasteiger partial charge is 0.410 e. The number of carbonyl (C=O) groups excluding carboxylic acids is 5. The molecule has 3 heterocycles. The maximum atomic E-state index is 14.4. The van der Waals surface area contributed by atoms with Crippen LogP contribution in [-0.4, -0.2) is 100 Å². The SMILES string of the molecule is CC(C)N(C(C)C)S(=O)(=O)NC(=O)[C@@]12C[C@@H]1/C=C\CCCCC[C@H](NC(=O)OC(C)(C)C)C(=O)N1C[C@H](OC(=O)N3Cc4ccccc4C3)C[C@H]1C(=O)N2. The highest BCUT2D eigenvalue weighted by Gasteiger charge is 2.62. The first-order valence-corrected chi connectivity index (χ1v) is 20.4. The fourth-order valence-corrected chi connectivity index (χ4v) is 9.34. The molecular formula is C38H56N6O9S. The third-order valence-corrected chi connectivity index (χ3v) is 12.1. The van der Waals surface area contributed by atoms with Gasteiger partial charge in [0.2, 0.25) is 11.8 Å². The van der Waals surface area contributed by atoms with Gasteiger partial charge in [0.1, 0.15) is 29.3 Å². The first kappa shape index (κ1) is 41.0. The number of rotatable bonds is 7. The molecule has 2 fully saturated rings. The number of carbonyl (C=O) groups is 5. The van der Waals surface area contributed by atoms with E-state index in [0.717, 1.165) is 24.0 Å². The number of hydrogen-bond donors (Lipinski definition) is 3. The Kier molecular flexibility index (Phi) is 12.4. The van der Waals surface area contributed by atoms with Crippen molar-refractivity contribution in [1.29, 1.82) is 0 Å². The monoisotopic (exact) mass is 772 g/mol. The van der Waals surface area contributed by atoms with Crippen molar-refractivity contribution in [3.05, 3.63) is 47.5 Å². The van der Waals surface area contributed by atoms with Crippen molar-refractivity contribution in [3.8, 4) is 0 Å². The molecule has 15 nitrogen and oxygen atoms in total. The quantitative estimate of drug-likeness (QED) is 0.347. The number of allylic oxidation sites excluding steroid dienone is 1. The minimum Gasteiger partial charge on any atom is -0.444 e. The normalized spacial score (nSPS) is 26.9. The summed E-state index contributed by atoms with van der Waals surface area (Å²) < 4.78 is 41.8. The first-order valence-electron chi connectivity index (χ1n) is 19.0. The van der Waals surface area contributed by atoms with E-state index in [1.807, 2.05) is 36.4 Å². The van der Waals surface area contributed by atoms with Crippen LogP contribution < -0.4 is 15.4 Å². The third kappa shape index (κ3) is 9.54. The van der Waals surface area contributed by atoms with Gasteiger partial charge in [-0.2, -0.15) is 12.7 Å². The maximum absolute atomic E-state index is 14.4. The molecule has 0 unspecified atom stereocenters. The highest BCUT2D eigenvalue weighted by molar-refractivity contribution is 7.87. The maximum Gasteiger partial charge on any atom is 0.410 e. The molecule has 1 aromatic carbocycles. The summed E-state index contributed by atoms with van der Waals surface area (Å²) in [7, 11) is -4.29. The van der Waals surface area contributed by atoms with E-state index in [-0.39, 0.29) is 25.8 Å². The Labute approximate surface area is 318 Å². The Bertz CT molecular complexity index is 1710. The van der Waals surface area contributed by atoms with Crippen LogP contribution in [0, 0.1) is 5.92 Å². The summed E-state index contributed by atoms with van der Waals surface area (Å²) in [5.41, 5.74) is -0.418. The zero-order valence-corrected chi connectivity index (χ0v) is 33.2. The van der Waals surface area contributed by atoms with Crippen LogP contribution in [0.1, 0.15) is 105 Å². The van der Waals surface area contributed by atoms with Gasteiger partial charge in [-0.25, -0.2) is 14.3 Å². The van der Waals surface area contributed by atoms with Crippen LogP contribution in [0.25, 0.3) is 0 Å². The molecule has 3 aliphatic heterocycles. The van der Waals surface area contributed by atoms with Crippen molar-refractivity contribution in [2.45, 2.75) is 148 Å². The van der Waals surface area contributed by atoms with E-state index in [4.69, 9.17) is 9.47 Å². The lowest BCUT2D eigenvalue weighted by Gasteiger charge is -2.31. The molecule has 1 aliphatic carbocycles. The molecule has 0 bridgehead atoms. The fraction of sp³-hybridized carbons (Fsp3) is 0.658. The number of benzene rings is 1. The lowest BCUT2D eigenvalue weighted by Crippen LogP contribution is -2.59. The van der Waals surface area contributed by atoms with E-state index in [2.05, 4.69) is 15.4 Å². The standard InChI is InChI=1S/C38H56N6O9S/c1-24(2)44(25(3)4)54(50,51)41-34(47)38-20-28(38)17-11-9-8-10-12-18-30(39-35(48)53-37(5,6)7)33(46)43-23-29(19-31(43)32(45)40-38)52-36(49)42-21-26-15-13-14-16-27(26)22-42/h11,13-17,24-25,28-31H,8-10,12,18-23H2,1-7H3,(H,39,48)(H,40,45)(H,41,47)/b17-11-/t28-,29+,30-,31-,38+/m0/s1. The molecule has 298 valence electrons. The number of amides is 5. The molecule has 0 aromatic heterocycles. The molecule has 5 atom stereocenters. The first-order chi connectivity index (χ1) is 25.3. The van der Waals surface area contributed by atoms with E-state index in [0.29, 0.717) is 25.9 Å². The molecule has 5 amide bonds. The van der Waals surface area contributed by atoms with Gasteiger partial charge in [-0.3, -0.25) is 19.3 Å². The van der Waals surface area contributed by atoms with Crippen molar-refractivity contribution in [3.63, 3.8) is 0 Å². The number of hydrogen-bond acceptors (Lipinski definition) is 9. The summed E-state index contributed by atoms with van der Waals surface area (Å²) in [5.74, 6) is -2.63. The molecule has 4 aliphatic rings. The largest absolute Gasteiger partial charge is 0.444 e. The number of fused-ring (bicyclic) bond motifs is 3. The van der Waals surface area contributed by atoms with Gasteiger partial charge in [0.15, 0.2) is 0 Å². The van der Waals surface area contributed by atoms with Crippen LogP contribution in [-0.2, 0) is 47.2 Å². The van der Waals surface area contributed by atoms with E-state index in [1.165, 1.54) is 9.21 Å². The molecule has 3 N–H and O–H groups in total. The third-order valence-electron chi connectivity index (χ3n) is 10.2. The molecule has 16 heteroatoms. The average Bonchev–Trinajstić information content (AvgIpc) is 3.36. The number of alkyl carbamates (subject to hydrolysis) is 1. The number of nitrogens with zero attached hydrogens (tertiary/aromatic N) is 3. The van der Waals surface area contributed by atoms with Gasteiger partial charge in [0.05, 0.1) is 6.54 Å². The minimum absolute atomic E-state index is 0.0752. The average molecular weight is 773 g/mol. The Morgan fingerprint density at radius 2 is 1.65 bits per heavy atom. The van der Waals surface area contributed by atoms with Crippen LogP contribution in [0.2, 0.25) is 0 Å². The molecule has 0 radical (unpaired) electrons. The highest BCUT2D eigenvalue weighted by Crippen LogP contribution is 2.46. The second-order valence-corrected chi connectivity index (χ2v) is 17.9.